The summed E-state index contributed by atoms with van der Waals surface area (Å²) in [6.07, 6.45) is 0. The third-order valence-corrected chi connectivity index (χ3v) is 3.24. The highest BCUT2D eigenvalue weighted by Gasteiger charge is 2.16. The molecule has 0 aliphatic rings. The Balaban J connectivity index is 0.00000264. The molecule has 10 heteroatoms. The summed E-state index contributed by atoms with van der Waals surface area (Å²) in [6.45, 7) is 3.85. The molecule has 2 rings (SSSR count). The van der Waals surface area contributed by atoms with Gasteiger partial charge in [0, 0.05) is 26.2 Å². The van der Waals surface area contributed by atoms with Gasteiger partial charge in [-0.25, -0.2) is 9.78 Å². The summed E-state index contributed by atoms with van der Waals surface area (Å²) < 4.78 is 2.24. The predicted octanol–water partition coefficient (Wildman–Crippen LogP) is -0.0571. The zero-order valence-electron chi connectivity index (χ0n) is 13.8. The number of nitrogens with two attached hydrogens (primary N) is 1. The molecular weight excluding hydrogens is 357 g/mol. The highest BCUT2D eigenvalue weighted by molar-refractivity contribution is 5.94. The molecule has 0 fully saturated rings. The molecule has 134 valence electrons. The lowest BCUT2D eigenvalue weighted by Gasteiger charge is -2.18. The highest BCUT2D eigenvalue weighted by Crippen LogP contribution is 2.06. The van der Waals surface area contributed by atoms with Crippen LogP contribution in [0.3, 0.4) is 0 Å². The number of fused-ring (bicyclic) bond motifs is 1. The molecule has 3 N–H and O–H groups in total. The number of pyridine rings is 1. The quantitative estimate of drug-likeness (QED) is 0.778. The van der Waals surface area contributed by atoms with Crippen LogP contribution in [-0.2, 0) is 14.1 Å². The fraction of sp³-hybridized carbons (Fsp3) is 0.429. The van der Waals surface area contributed by atoms with E-state index in [9.17, 15) is 14.4 Å². The molecule has 2 aromatic heterocycles. The lowest BCUT2D eigenvalue weighted by atomic mass is 10.1. The number of aromatic nitrogens is 3. The van der Waals surface area contributed by atoms with E-state index in [1.807, 2.05) is 0 Å². The molecule has 0 spiro atoms. The van der Waals surface area contributed by atoms with Gasteiger partial charge in [0.1, 0.15) is 11.3 Å². The second kappa shape index (κ2) is 7.78. The minimum Gasteiger partial charge on any atom is -0.349 e. The van der Waals surface area contributed by atoms with Gasteiger partial charge in [-0.05, 0) is 26.0 Å². The normalized spacial score (nSPS) is 10.7. The Labute approximate surface area is 150 Å². The third-order valence-electron chi connectivity index (χ3n) is 3.24. The molecule has 0 radical (unpaired) electrons. The van der Waals surface area contributed by atoms with E-state index >= 15 is 0 Å². The summed E-state index contributed by atoms with van der Waals surface area (Å²) in [5.41, 5.74) is 4.62. The van der Waals surface area contributed by atoms with Crippen molar-refractivity contribution in [2.75, 3.05) is 6.54 Å². The second-order valence-electron chi connectivity index (χ2n) is 5.94. The number of rotatable bonds is 3. The molecule has 0 saturated carbocycles. The first-order valence-corrected chi connectivity index (χ1v) is 6.75. The molecule has 0 saturated heterocycles. The van der Waals surface area contributed by atoms with Gasteiger partial charge in [0.15, 0.2) is 0 Å². The number of hydrogen-bond donors (Lipinski definition) is 2. The van der Waals surface area contributed by atoms with E-state index in [0.717, 1.165) is 4.57 Å². The first-order chi connectivity index (χ1) is 10.1. The molecule has 2 aromatic rings. The SMILES string of the molecule is Cl.Cl.Cn1c(=O)c2ccc(C(=O)NCC(C)(C)N)nc2n(C)c1=O. The molecule has 24 heavy (non-hydrogen) atoms. The fourth-order valence-corrected chi connectivity index (χ4v) is 1.98. The maximum atomic E-state index is 12.1. The van der Waals surface area contributed by atoms with Gasteiger partial charge >= 0.3 is 5.69 Å². The van der Waals surface area contributed by atoms with Crippen molar-refractivity contribution in [2.24, 2.45) is 19.8 Å². The van der Waals surface area contributed by atoms with Crippen LogP contribution in [0.4, 0.5) is 0 Å². The highest BCUT2D eigenvalue weighted by atomic mass is 35.5. The first-order valence-electron chi connectivity index (χ1n) is 6.75. The van der Waals surface area contributed by atoms with Crippen molar-refractivity contribution in [3.05, 3.63) is 38.7 Å². The average Bonchev–Trinajstić information content (AvgIpc) is 2.47. The largest absolute Gasteiger partial charge is 0.349 e. The van der Waals surface area contributed by atoms with Gasteiger partial charge in [-0.2, -0.15) is 0 Å². The van der Waals surface area contributed by atoms with Crippen LogP contribution in [0, 0.1) is 0 Å². The molecule has 1 amide bonds. The van der Waals surface area contributed by atoms with Crippen LogP contribution in [0.1, 0.15) is 24.3 Å². The van der Waals surface area contributed by atoms with E-state index in [-0.39, 0.29) is 48.1 Å². The maximum Gasteiger partial charge on any atom is 0.332 e. The van der Waals surface area contributed by atoms with Crippen LogP contribution in [0.5, 0.6) is 0 Å². The summed E-state index contributed by atoms with van der Waals surface area (Å²) in [5, 5.41) is 2.94. The van der Waals surface area contributed by atoms with Crippen LogP contribution >= 0.6 is 24.8 Å². The molecule has 2 heterocycles. The second-order valence-corrected chi connectivity index (χ2v) is 5.94. The molecule has 0 atom stereocenters. The van der Waals surface area contributed by atoms with E-state index in [4.69, 9.17) is 5.73 Å². The predicted molar refractivity (Wildman–Crippen MR) is 97.3 cm³/mol. The molecule has 8 nitrogen and oxygen atoms in total. The zero-order chi connectivity index (χ0) is 16.7. The minimum atomic E-state index is -0.546. The first kappa shape index (κ1) is 22.1. The van der Waals surface area contributed by atoms with Gasteiger partial charge < -0.3 is 11.1 Å². The number of nitrogens with one attached hydrogen (secondary N) is 1. The number of carbonyl (C=O) groups is 1. The zero-order valence-corrected chi connectivity index (χ0v) is 15.5. The summed E-state index contributed by atoms with van der Waals surface area (Å²) in [6, 6.07) is 2.94. The van der Waals surface area contributed by atoms with E-state index in [2.05, 4.69) is 10.3 Å². The van der Waals surface area contributed by atoms with Crippen LogP contribution in [0.25, 0.3) is 11.0 Å². The van der Waals surface area contributed by atoms with Gasteiger partial charge in [-0.15, -0.1) is 24.8 Å². The molecule has 0 bridgehead atoms. The Bertz CT molecular complexity index is 868. The Morgan fingerprint density at radius 3 is 2.33 bits per heavy atom. The molecule has 0 unspecified atom stereocenters. The van der Waals surface area contributed by atoms with E-state index in [0.29, 0.717) is 0 Å². The minimum absolute atomic E-state index is 0. The van der Waals surface area contributed by atoms with Gasteiger partial charge in [0.05, 0.1) is 5.39 Å². The number of aryl methyl sites for hydroxylation is 1. The van der Waals surface area contributed by atoms with Crippen molar-refractivity contribution >= 4 is 41.8 Å². The van der Waals surface area contributed by atoms with Crippen molar-refractivity contribution in [1.82, 2.24) is 19.4 Å². The fourth-order valence-electron chi connectivity index (χ4n) is 1.98. The van der Waals surface area contributed by atoms with Gasteiger partial charge in [-0.3, -0.25) is 18.7 Å². The Morgan fingerprint density at radius 2 is 1.79 bits per heavy atom. The Morgan fingerprint density at radius 1 is 1.21 bits per heavy atom. The van der Waals surface area contributed by atoms with E-state index < -0.39 is 22.7 Å². The van der Waals surface area contributed by atoms with Crippen LogP contribution in [0.15, 0.2) is 21.7 Å². The lowest BCUT2D eigenvalue weighted by molar-refractivity contribution is 0.0941. The monoisotopic (exact) mass is 377 g/mol. The summed E-state index contributed by atoms with van der Waals surface area (Å²) >= 11 is 0. The van der Waals surface area contributed by atoms with Crippen LogP contribution in [-0.4, -0.2) is 32.1 Å². The van der Waals surface area contributed by atoms with Gasteiger partial charge in [0.2, 0.25) is 0 Å². The Kier molecular flexibility index (Phi) is 7.16. The average molecular weight is 378 g/mol. The van der Waals surface area contributed by atoms with Gasteiger partial charge in [0.25, 0.3) is 11.5 Å². The van der Waals surface area contributed by atoms with E-state index in [1.54, 1.807) is 13.8 Å². The summed E-state index contributed by atoms with van der Waals surface area (Å²) in [4.78, 5) is 40.2. The Hall–Kier alpha value is -1.90. The molecule has 0 aliphatic heterocycles. The molecule has 0 aromatic carbocycles. The van der Waals surface area contributed by atoms with Crippen LogP contribution in [0.2, 0.25) is 0 Å². The smallest absolute Gasteiger partial charge is 0.332 e. The standard InChI is InChI=1S/C14H19N5O3.2ClH/c1-14(2,15)7-16-11(20)9-6-5-8-10(17-9)18(3)13(22)19(4)12(8)21;;/h5-6H,7,15H2,1-4H3,(H,16,20);2*1H. The lowest BCUT2D eigenvalue weighted by Crippen LogP contribution is -2.45. The number of hydrogen-bond acceptors (Lipinski definition) is 5. The summed E-state index contributed by atoms with van der Waals surface area (Å²) in [5.74, 6) is -0.409. The van der Waals surface area contributed by atoms with Crippen LogP contribution < -0.4 is 22.3 Å². The summed E-state index contributed by atoms with van der Waals surface area (Å²) in [7, 11) is 2.90. The molecule has 0 aliphatic carbocycles. The van der Waals surface area contributed by atoms with Crippen molar-refractivity contribution in [2.45, 2.75) is 19.4 Å². The number of nitrogens with zero attached hydrogens (tertiary/aromatic N) is 3. The number of halogens is 2. The van der Waals surface area contributed by atoms with Crippen molar-refractivity contribution in [1.29, 1.82) is 0 Å². The van der Waals surface area contributed by atoms with Gasteiger partial charge in [-0.1, -0.05) is 0 Å². The maximum absolute atomic E-state index is 12.1. The van der Waals surface area contributed by atoms with E-state index in [1.165, 1.54) is 30.8 Å². The molecular formula is C14H21Cl2N5O3. The number of carbonyl (C=O) groups excluding carboxylic acids is 1. The number of amides is 1. The third kappa shape index (κ3) is 4.34. The van der Waals surface area contributed by atoms with Crippen molar-refractivity contribution in [3.63, 3.8) is 0 Å². The van der Waals surface area contributed by atoms with Crippen molar-refractivity contribution in [3.8, 4) is 0 Å². The van der Waals surface area contributed by atoms with Crippen molar-refractivity contribution < 1.29 is 4.79 Å². The topological polar surface area (TPSA) is 112 Å².